The zero-order valence-corrected chi connectivity index (χ0v) is 12.3. The maximum absolute atomic E-state index is 12.3. The van der Waals surface area contributed by atoms with Crippen LogP contribution < -0.4 is 5.32 Å². The van der Waals surface area contributed by atoms with Crippen LogP contribution in [0.3, 0.4) is 0 Å². The summed E-state index contributed by atoms with van der Waals surface area (Å²) in [5.74, 6) is -0.0998. The third-order valence-corrected chi connectivity index (χ3v) is 3.51. The van der Waals surface area contributed by atoms with E-state index in [9.17, 15) is 4.79 Å². The third-order valence-electron chi connectivity index (χ3n) is 3.51. The zero-order valence-electron chi connectivity index (χ0n) is 12.3. The molecule has 1 atom stereocenters. The van der Waals surface area contributed by atoms with Crippen molar-refractivity contribution in [3.8, 4) is 5.69 Å². The molecule has 0 radical (unpaired) electrons. The molecule has 1 aromatic carbocycles. The van der Waals surface area contributed by atoms with E-state index in [-0.39, 0.29) is 11.9 Å². The number of pyridine rings is 1. The van der Waals surface area contributed by atoms with Crippen LogP contribution in [0, 0.1) is 0 Å². The van der Waals surface area contributed by atoms with E-state index in [1.54, 1.807) is 6.20 Å². The highest BCUT2D eigenvalue weighted by Gasteiger charge is 2.12. The first kappa shape index (κ1) is 14.1. The monoisotopic (exact) mass is 291 g/mol. The summed E-state index contributed by atoms with van der Waals surface area (Å²) in [6.07, 6.45) is 5.67. The second-order valence-corrected chi connectivity index (χ2v) is 5.09. The van der Waals surface area contributed by atoms with E-state index in [4.69, 9.17) is 0 Å². The van der Waals surface area contributed by atoms with Crippen molar-refractivity contribution in [2.75, 3.05) is 0 Å². The fourth-order valence-corrected chi connectivity index (χ4v) is 2.28. The van der Waals surface area contributed by atoms with E-state index in [1.807, 2.05) is 78.5 Å². The Morgan fingerprint density at radius 2 is 1.77 bits per heavy atom. The van der Waals surface area contributed by atoms with Crippen molar-refractivity contribution in [3.63, 3.8) is 0 Å². The molecular formula is C18H17N3O. The smallest absolute Gasteiger partial charge is 0.251 e. The molecule has 4 nitrogen and oxygen atoms in total. The van der Waals surface area contributed by atoms with Crippen molar-refractivity contribution in [1.82, 2.24) is 14.9 Å². The van der Waals surface area contributed by atoms with Crippen LogP contribution in [-0.2, 0) is 0 Å². The summed E-state index contributed by atoms with van der Waals surface area (Å²) in [5.41, 5.74) is 2.51. The van der Waals surface area contributed by atoms with Crippen molar-refractivity contribution in [2.45, 2.75) is 13.0 Å². The van der Waals surface area contributed by atoms with E-state index in [1.165, 1.54) is 0 Å². The number of carbonyl (C=O) groups is 1. The lowest BCUT2D eigenvalue weighted by molar-refractivity contribution is 0.0939. The van der Waals surface area contributed by atoms with Crippen molar-refractivity contribution >= 4 is 5.91 Å². The predicted molar refractivity (Wildman–Crippen MR) is 85.9 cm³/mol. The van der Waals surface area contributed by atoms with Crippen molar-refractivity contribution in [3.05, 3.63) is 84.4 Å². The number of hydrogen-bond acceptors (Lipinski definition) is 2. The fourth-order valence-electron chi connectivity index (χ4n) is 2.28. The van der Waals surface area contributed by atoms with Gasteiger partial charge in [0, 0.05) is 29.8 Å². The molecule has 1 amide bonds. The molecule has 0 bridgehead atoms. The van der Waals surface area contributed by atoms with Crippen LogP contribution in [0.15, 0.2) is 73.2 Å². The Bertz CT molecular complexity index is 734. The van der Waals surface area contributed by atoms with Crippen molar-refractivity contribution in [2.24, 2.45) is 0 Å². The molecule has 110 valence electrons. The number of carbonyl (C=O) groups excluding carboxylic acids is 1. The van der Waals surface area contributed by atoms with Gasteiger partial charge in [0.1, 0.15) is 0 Å². The van der Waals surface area contributed by atoms with Crippen LogP contribution >= 0.6 is 0 Å². The standard InChI is InChI=1S/C18H17N3O/c1-14(17-6-2-3-11-19-17)20-18(22)15-7-9-16(10-8-15)21-12-4-5-13-21/h2-14H,1H3,(H,20,22). The summed E-state index contributed by atoms with van der Waals surface area (Å²) >= 11 is 0. The Labute approximate surface area is 129 Å². The number of benzene rings is 1. The summed E-state index contributed by atoms with van der Waals surface area (Å²) in [4.78, 5) is 16.5. The highest BCUT2D eigenvalue weighted by molar-refractivity contribution is 5.94. The molecule has 22 heavy (non-hydrogen) atoms. The molecule has 0 saturated carbocycles. The first-order chi connectivity index (χ1) is 10.7. The van der Waals surface area contributed by atoms with E-state index < -0.39 is 0 Å². The number of aromatic nitrogens is 2. The topological polar surface area (TPSA) is 46.9 Å². The molecule has 1 unspecified atom stereocenters. The SMILES string of the molecule is CC(NC(=O)c1ccc(-n2cccc2)cc1)c1ccccn1. The van der Waals surface area contributed by atoms with Gasteiger partial charge in [0.25, 0.3) is 5.91 Å². The lowest BCUT2D eigenvalue weighted by Gasteiger charge is -2.13. The Hall–Kier alpha value is -2.88. The Morgan fingerprint density at radius 1 is 1.05 bits per heavy atom. The summed E-state index contributed by atoms with van der Waals surface area (Å²) in [5, 5.41) is 2.96. The van der Waals surface area contributed by atoms with Gasteiger partial charge >= 0.3 is 0 Å². The number of amides is 1. The van der Waals surface area contributed by atoms with Gasteiger partial charge in [-0.2, -0.15) is 0 Å². The Balaban J connectivity index is 1.70. The highest BCUT2D eigenvalue weighted by Crippen LogP contribution is 2.12. The van der Waals surface area contributed by atoms with Crippen LogP contribution in [-0.4, -0.2) is 15.5 Å². The van der Waals surface area contributed by atoms with Crippen LogP contribution in [0.25, 0.3) is 5.69 Å². The molecule has 0 saturated heterocycles. The van der Waals surface area contributed by atoms with E-state index in [0.29, 0.717) is 5.56 Å². The number of rotatable bonds is 4. The van der Waals surface area contributed by atoms with Gasteiger partial charge in [-0.25, -0.2) is 0 Å². The van der Waals surface area contributed by atoms with Gasteiger partial charge in [0.05, 0.1) is 11.7 Å². The van der Waals surface area contributed by atoms with Crippen LogP contribution in [0.5, 0.6) is 0 Å². The summed E-state index contributed by atoms with van der Waals surface area (Å²) < 4.78 is 2.00. The molecule has 0 aliphatic heterocycles. The molecule has 0 fully saturated rings. The third kappa shape index (κ3) is 3.06. The first-order valence-electron chi connectivity index (χ1n) is 7.19. The minimum atomic E-state index is -0.127. The van der Waals surface area contributed by atoms with E-state index in [0.717, 1.165) is 11.4 Å². The average molecular weight is 291 g/mol. The molecule has 1 N–H and O–H groups in total. The minimum absolute atomic E-state index is 0.0998. The molecule has 0 spiro atoms. The van der Waals surface area contributed by atoms with Gasteiger partial charge < -0.3 is 9.88 Å². The van der Waals surface area contributed by atoms with Crippen LogP contribution in [0.1, 0.15) is 29.0 Å². The van der Waals surface area contributed by atoms with Crippen LogP contribution in [0.2, 0.25) is 0 Å². The quantitative estimate of drug-likeness (QED) is 0.801. The second kappa shape index (κ2) is 6.26. The number of nitrogens with one attached hydrogen (secondary N) is 1. The molecule has 0 aliphatic rings. The number of hydrogen-bond donors (Lipinski definition) is 1. The van der Waals surface area contributed by atoms with Gasteiger partial charge in [0.2, 0.25) is 0 Å². The molecule has 2 heterocycles. The van der Waals surface area contributed by atoms with E-state index >= 15 is 0 Å². The molecule has 3 aromatic rings. The summed E-state index contributed by atoms with van der Waals surface area (Å²) in [7, 11) is 0. The summed E-state index contributed by atoms with van der Waals surface area (Å²) in [6.45, 7) is 1.93. The van der Waals surface area contributed by atoms with Crippen molar-refractivity contribution < 1.29 is 4.79 Å². The average Bonchev–Trinajstić information content (AvgIpc) is 3.10. The van der Waals surface area contributed by atoms with Crippen LogP contribution in [0.4, 0.5) is 0 Å². The maximum Gasteiger partial charge on any atom is 0.251 e. The van der Waals surface area contributed by atoms with E-state index in [2.05, 4.69) is 10.3 Å². The number of nitrogens with zero attached hydrogens (tertiary/aromatic N) is 2. The second-order valence-electron chi connectivity index (χ2n) is 5.09. The Kier molecular flexibility index (Phi) is 4.01. The minimum Gasteiger partial charge on any atom is -0.344 e. The molecule has 0 aliphatic carbocycles. The van der Waals surface area contributed by atoms with Gasteiger partial charge in [-0.3, -0.25) is 9.78 Å². The molecule has 3 rings (SSSR count). The largest absolute Gasteiger partial charge is 0.344 e. The summed E-state index contributed by atoms with van der Waals surface area (Å²) in [6, 6.07) is 17.0. The van der Waals surface area contributed by atoms with Gasteiger partial charge in [0.15, 0.2) is 0 Å². The molecular weight excluding hydrogens is 274 g/mol. The highest BCUT2D eigenvalue weighted by atomic mass is 16.1. The normalized spacial score (nSPS) is 11.9. The molecule has 4 heteroatoms. The maximum atomic E-state index is 12.3. The van der Waals surface area contributed by atoms with Gasteiger partial charge in [-0.05, 0) is 55.5 Å². The zero-order chi connectivity index (χ0) is 15.4. The molecule has 2 aromatic heterocycles. The Morgan fingerprint density at radius 3 is 2.41 bits per heavy atom. The fraction of sp³-hybridized carbons (Fsp3) is 0.111. The van der Waals surface area contributed by atoms with Gasteiger partial charge in [-0.1, -0.05) is 6.07 Å². The predicted octanol–water partition coefficient (Wildman–Crippen LogP) is 3.36. The lowest BCUT2D eigenvalue weighted by Crippen LogP contribution is -2.27. The lowest BCUT2D eigenvalue weighted by atomic mass is 10.1. The van der Waals surface area contributed by atoms with Crippen molar-refractivity contribution in [1.29, 1.82) is 0 Å². The van der Waals surface area contributed by atoms with Gasteiger partial charge in [-0.15, -0.1) is 0 Å². The first-order valence-corrected chi connectivity index (χ1v) is 7.19.